The summed E-state index contributed by atoms with van der Waals surface area (Å²) < 4.78 is 0. The van der Waals surface area contributed by atoms with Crippen molar-refractivity contribution in [1.82, 2.24) is 15.0 Å². The molecule has 0 atom stereocenters. The van der Waals surface area contributed by atoms with Crippen molar-refractivity contribution in [3.63, 3.8) is 0 Å². The van der Waals surface area contributed by atoms with Crippen molar-refractivity contribution in [2.24, 2.45) is 0 Å². The van der Waals surface area contributed by atoms with E-state index in [1.165, 1.54) is 22.3 Å². The SMILES string of the molecule is Cc1ccc(N(c2ccc(-c3ccc(C#N)cc3)cc2-c2cccc(N(c3ccc(C)cc3C)C(C)C)c2-c2nc(-c3ccccc3)nc(-c3ccccc3)n2)C(C)C)c(C)c1. The Hall–Kier alpha value is -7.36. The lowest BCUT2D eigenvalue weighted by Crippen LogP contribution is -2.28. The van der Waals surface area contributed by atoms with Gasteiger partial charge < -0.3 is 9.80 Å². The minimum absolute atomic E-state index is 0.0706. The number of hydrogen-bond acceptors (Lipinski definition) is 6. The molecule has 6 heteroatoms. The van der Waals surface area contributed by atoms with Gasteiger partial charge in [-0.05, 0) is 126 Å². The Bertz CT molecular complexity index is 2850. The normalized spacial score (nSPS) is 11.2. The van der Waals surface area contributed by atoms with Crippen LogP contribution in [0.25, 0.3) is 56.4 Å². The maximum Gasteiger partial charge on any atom is 0.166 e. The van der Waals surface area contributed by atoms with E-state index in [0.717, 1.165) is 61.7 Å². The Morgan fingerprint density at radius 3 is 1.40 bits per heavy atom. The lowest BCUT2D eigenvalue weighted by molar-refractivity contribution is 0.785. The van der Waals surface area contributed by atoms with Gasteiger partial charge >= 0.3 is 0 Å². The maximum atomic E-state index is 9.66. The van der Waals surface area contributed by atoms with Gasteiger partial charge in [0.2, 0.25) is 0 Å². The first kappa shape index (κ1) is 41.4. The molecule has 0 bridgehead atoms. The first-order valence-corrected chi connectivity index (χ1v) is 21.4. The molecule has 0 aliphatic carbocycles. The van der Waals surface area contributed by atoms with E-state index < -0.39 is 0 Å². The molecule has 0 N–H and O–H groups in total. The van der Waals surface area contributed by atoms with E-state index in [1.54, 1.807) is 0 Å². The van der Waals surface area contributed by atoms with Gasteiger partial charge in [-0.25, -0.2) is 15.0 Å². The van der Waals surface area contributed by atoms with Crippen LogP contribution in [0, 0.1) is 39.0 Å². The largest absolute Gasteiger partial charge is 0.338 e. The number of rotatable bonds is 11. The second kappa shape index (κ2) is 17.7. The number of nitrogens with zero attached hydrogens (tertiary/aromatic N) is 6. The molecule has 0 aliphatic heterocycles. The molecule has 7 aromatic carbocycles. The molecule has 0 saturated heterocycles. The Balaban J connectivity index is 1.51. The fourth-order valence-electron chi connectivity index (χ4n) is 8.52. The van der Waals surface area contributed by atoms with Crippen molar-refractivity contribution in [2.45, 2.75) is 67.5 Å². The van der Waals surface area contributed by atoms with Gasteiger partial charge in [0.1, 0.15) is 0 Å². The van der Waals surface area contributed by atoms with Crippen LogP contribution in [0.5, 0.6) is 0 Å². The molecule has 0 spiro atoms. The Morgan fingerprint density at radius 1 is 0.419 bits per heavy atom. The maximum absolute atomic E-state index is 9.66. The van der Waals surface area contributed by atoms with Crippen molar-refractivity contribution >= 4 is 22.7 Å². The van der Waals surface area contributed by atoms with Gasteiger partial charge in [-0.3, -0.25) is 0 Å². The van der Waals surface area contributed by atoms with Gasteiger partial charge in [-0.2, -0.15) is 5.26 Å². The van der Waals surface area contributed by atoms with Gasteiger partial charge in [-0.15, -0.1) is 0 Å². The van der Waals surface area contributed by atoms with Gasteiger partial charge in [0.15, 0.2) is 17.5 Å². The predicted octanol–water partition coefficient (Wildman–Crippen LogP) is 14.4. The molecule has 0 amide bonds. The molecular formula is C56H52N6. The van der Waals surface area contributed by atoms with Crippen LogP contribution in [0.4, 0.5) is 22.7 Å². The van der Waals surface area contributed by atoms with Crippen molar-refractivity contribution in [1.29, 1.82) is 5.26 Å². The van der Waals surface area contributed by atoms with Gasteiger partial charge in [-0.1, -0.05) is 126 Å². The van der Waals surface area contributed by atoms with Crippen LogP contribution in [0.3, 0.4) is 0 Å². The quantitative estimate of drug-likeness (QED) is 0.130. The minimum atomic E-state index is 0.0706. The van der Waals surface area contributed by atoms with E-state index in [4.69, 9.17) is 15.0 Å². The molecule has 6 nitrogen and oxygen atoms in total. The Labute approximate surface area is 366 Å². The molecule has 8 rings (SSSR count). The zero-order chi connectivity index (χ0) is 43.5. The van der Waals surface area contributed by atoms with E-state index in [9.17, 15) is 5.26 Å². The van der Waals surface area contributed by atoms with E-state index in [2.05, 4.69) is 168 Å². The smallest absolute Gasteiger partial charge is 0.166 e. The minimum Gasteiger partial charge on any atom is -0.338 e. The summed E-state index contributed by atoms with van der Waals surface area (Å²) in [5.41, 5.74) is 16.6. The van der Waals surface area contributed by atoms with Crippen molar-refractivity contribution < 1.29 is 0 Å². The van der Waals surface area contributed by atoms with Crippen LogP contribution in [0.2, 0.25) is 0 Å². The molecule has 1 aromatic heterocycles. The topological polar surface area (TPSA) is 68.9 Å². The Kier molecular flexibility index (Phi) is 11.8. The van der Waals surface area contributed by atoms with Crippen LogP contribution in [-0.2, 0) is 0 Å². The first-order valence-electron chi connectivity index (χ1n) is 21.4. The number of aromatic nitrogens is 3. The highest BCUT2D eigenvalue weighted by Gasteiger charge is 2.28. The molecule has 306 valence electrons. The number of nitriles is 1. The van der Waals surface area contributed by atoms with Crippen LogP contribution < -0.4 is 9.80 Å². The second-order valence-electron chi connectivity index (χ2n) is 16.7. The second-order valence-corrected chi connectivity index (χ2v) is 16.7. The number of aryl methyl sites for hydroxylation is 4. The van der Waals surface area contributed by atoms with E-state index in [0.29, 0.717) is 23.0 Å². The predicted molar refractivity (Wildman–Crippen MR) is 258 cm³/mol. The summed E-state index contributed by atoms with van der Waals surface area (Å²) in [4.78, 5) is 20.8. The zero-order valence-corrected chi connectivity index (χ0v) is 36.8. The molecule has 62 heavy (non-hydrogen) atoms. The van der Waals surface area contributed by atoms with Crippen LogP contribution in [0.15, 0.2) is 158 Å². The summed E-state index contributed by atoms with van der Waals surface area (Å²) in [5.74, 6) is 1.78. The number of anilines is 4. The van der Waals surface area contributed by atoms with Crippen molar-refractivity contribution in [3.05, 3.63) is 186 Å². The monoisotopic (exact) mass is 808 g/mol. The average molecular weight is 809 g/mol. The third kappa shape index (κ3) is 8.35. The average Bonchev–Trinajstić information content (AvgIpc) is 3.28. The van der Waals surface area contributed by atoms with Gasteiger partial charge in [0, 0.05) is 45.8 Å². The highest BCUT2D eigenvalue weighted by atomic mass is 15.2. The summed E-state index contributed by atoms with van der Waals surface area (Å²) in [5, 5.41) is 9.66. The summed E-state index contributed by atoms with van der Waals surface area (Å²) >= 11 is 0. The lowest BCUT2D eigenvalue weighted by atomic mass is 9.91. The summed E-state index contributed by atoms with van der Waals surface area (Å²) in [7, 11) is 0. The van der Waals surface area contributed by atoms with Gasteiger partial charge in [0.05, 0.1) is 22.9 Å². The van der Waals surface area contributed by atoms with Crippen molar-refractivity contribution in [2.75, 3.05) is 9.80 Å². The fraction of sp³-hybridized carbons (Fsp3) is 0.179. The van der Waals surface area contributed by atoms with Crippen LogP contribution in [-0.4, -0.2) is 27.0 Å². The third-order valence-electron chi connectivity index (χ3n) is 11.4. The van der Waals surface area contributed by atoms with E-state index in [-0.39, 0.29) is 12.1 Å². The highest BCUT2D eigenvalue weighted by molar-refractivity contribution is 5.98. The first-order chi connectivity index (χ1) is 30.0. The van der Waals surface area contributed by atoms with E-state index >= 15 is 0 Å². The molecule has 0 fully saturated rings. The fourth-order valence-corrected chi connectivity index (χ4v) is 8.52. The van der Waals surface area contributed by atoms with Crippen LogP contribution in [0.1, 0.15) is 55.5 Å². The molecule has 0 aliphatic rings. The Morgan fingerprint density at radius 2 is 0.903 bits per heavy atom. The summed E-state index contributed by atoms with van der Waals surface area (Å²) in [6, 6.07) is 57.3. The number of hydrogen-bond donors (Lipinski definition) is 0. The van der Waals surface area contributed by atoms with Crippen molar-refractivity contribution in [3.8, 4) is 62.5 Å². The standard InChI is InChI=1S/C56H52N6/c1-36(2)61(49-29-22-38(5)32-40(49)7)51-31-28-46(43-26-24-42(35-57)25-27-43)34-48(51)47-20-15-21-52(62(37(3)4)50-30-23-39(6)33-41(50)8)53(47)56-59-54(44-16-11-9-12-17-44)58-55(60-56)45-18-13-10-14-19-45/h9-34,36-37H,1-8H3. The molecular weight excluding hydrogens is 757 g/mol. The zero-order valence-electron chi connectivity index (χ0n) is 36.8. The number of benzene rings is 7. The molecule has 0 unspecified atom stereocenters. The van der Waals surface area contributed by atoms with Gasteiger partial charge in [0.25, 0.3) is 0 Å². The molecule has 8 aromatic rings. The molecule has 0 saturated carbocycles. The lowest BCUT2D eigenvalue weighted by Gasteiger charge is -2.35. The van der Waals surface area contributed by atoms with E-state index in [1.807, 2.05) is 60.7 Å². The molecule has 1 heterocycles. The highest BCUT2D eigenvalue weighted by Crippen LogP contribution is 2.48. The molecule has 0 radical (unpaired) electrons. The summed E-state index contributed by atoms with van der Waals surface area (Å²) in [6.45, 7) is 17.7. The summed E-state index contributed by atoms with van der Waals surface area (Å²) in [6.07, 6.45) is 0. The third-order valence-corrected chi connectivity index (χ3v) is 11.4. The van der Waals surface area contributed by atoms with Crippen LogP contribution >= 0.6 is 0 Å².